The minimum absolute atomic E-state index is 0.105. The molecule has 39 heavy (non-hydrogen) atoms. The fourth-order valence-electron chi connectivity index (χ4n) is 3.67. The molecule has 17 heteroatoms. The number of aliphatic hydroxyl groups excluding tert-OH is 1. The van der Waals surface area contributed by atoms with Gasteiger partial charge in [-0.3, -0.25) is 4.57 Å². The molecule has 3 N–H and O–H groups in total. The number of hydrogen-bond acceptors (Lipinski definition) is 7. The van der Waals surface area contributed by atoms with Crippen LogP contribution in [-0.4, -0.2) is 54.9 Å². The second-order valence-corrected chi connectivity index (χ2v) is 10.3. The Balaban J connectivity index is 1.81. The van der Waals surface area contributed by atoms with Gasteiger partial charge in [0.15, 0.2) is 29.7 Å². The van der Waals surface area contributed by atoms with Crippen molar-refractivity contribution >= 4 is 21.6 Å². The summed E-state index contributed by atoms with van der Waals surface area (Å²) in [6.45, 7) is -0.558. The van der Waals surface area contributed by atoms with Gasteiger partial charge in [-0.25, -0.2) is 37.1 Å². The van der Waals surface area contributed by atoms with Crippen molar-refractivity contribution in [1.82, 2.24) is 29.1 Å². The van der Waals surface area contributed by atoms with Crippen LogP contribution in [0.2, 0.25) is 5.02 Å². The standard InChI is InChI=1S/C22H20ClF4N7O4S/c1-12(24)19-29-18(30-34(19)15-4-2-3-5-16(15)39(28,37)38)11-33-21(36)32(10-17(35)22(25,26)27)20(31-33)13-6-8-14(23)9-7-13/h2-9,12,17,35H,10-11H2,1H3,(H2,28,37,38). The van der Waals surface area contributed by atoms with E-state index >= 15 is 0 Å². The third-order valence-corrected chi connectivity index (χ3v) is 6.69. The van der Waals surface area contributed by atoms with Crippen LogP contribution in [0.15, 0.2) is 58.2 Å². The van der Waals surface area contributed by atoms with Gasteiger partial charge in [-0.15, -0.1) is 10.2 Å². The molecule has 2 heterocycles. The Morgan fingerprint density at radius 1 is 1.10 bits per heavy atom. The van der Waals surface area contributed by atoms with Crippen LogP contribution in [0.1, 0.15) is 24.7 Å². The molecule has 4 aromatic rings. The number of halogens is 5. The van der Waals surface area contributed by atoms with Gasteiger partial charge in [-0.2, -0.15) is 13.2 Å². The summed E-state index contributed by atoms with van der Waals surface area (Å²) < 4.78 is 80.1. The van der Waals surface area contributed by atoms with Gasteiger partial charge in [0, 0.05) is 10.6 Å². The molecule has 0 aliphatic rings. The molecule has 0 amide bonds. The van der Waals surface area contributed by atoms with Gasteiger partial charge in [-0.1, -0.05) is 23.7 Å². The predicted octanol–water partition coefficient (Wildman–Crippen LogP) is 2.60. The summed E-state index contributed by atoms with van der Waals surface area (Å²) in [4.78, 5) is 16.8. The van der Waals surface area contributed by atoms with Crippen molar-refractivity contribution in [2.45, 2.75) is 43.4 Å². The Hall–Kier alpha value is -3.60. The molecule has 2 aromatic heterocycles. The van der Waals surface area contributed by atoms with Crippen LogP contribution < -0.4 is 10.8 Å². The number of para-hydroxylation sites is 1. The first-order valence-corrected chi connectivity index (χ1v) is 13.0. The van der Waals surface area contributed by atoms with E-state index in [-0.39, 0.29) is 33.6 Å². The summed E-state index contributed by atoms with van der Waals surface area (Å²) in [6.07, 6.45) is -9.63. The molecule has 0 fully saturated rings. The van der Waals surface area contributed by atoms with E-state index in [1.54, 1.807) is 0 Å². The molecule has 11 nitrogen and oxygen atoms in total. The fourth-order valence-corrected chi connectivity index (χ4v) is 4.51. The van der Waals surface area contributed by atoms with Gasteiger partial charge in [0.2, 0.25) is 10.0 Å². The molecule has 0 aliphatic carbocycles. The van der Waals surface area contributed by atoms with Gasteiger partial charge < -0.3 is 5.11 Å². The number of nitrogens with zero attached hydrogens (tertiary/aromatic N) is 6. The quantitative estimate of drug-likeness (QED) is 0.300. The summed E-state index contributed by atoms with van der Waals surface area (Å²) in [6, 6.07) is 11.1. The minimum Gasteiger partial charge on any atom is -0.382 e. The summed E-state index contributed by atoms with van der Waals surface area (Å²) >= 11 is 5.88. The largest absolute Gasteiger partial charge is 0.416 e. The number of nitrogens with two attached hydrogens (primary N) is 1. The Morgan fingerprint density at radius 2 is 1.74 bits per heavy atom. The number of aromatic nitrogens is 6. The number of primary sulfonamides is 1. The van der Waals surface area contributed by atoms with E-state index in [0.717, 1.165) is 16.3 Å². The summed E-state index contributed by atoms with van der Waals surface area (Å²) in [5, 5.41) is 23.4. The molecule has 4 rings (SSSR count). The van der Waals surface area contributed by atoms with Crippen molar-refractivity contribution < 1.29 is 31.1 Å². The number of benzene rings is 2. The van der Waals surface area contributed by atoms with Crippen LogP contribution in [0.25, 0.3) is 17.1 Å². The SMILES string of the molecule is CC(F)c1nc(Cn2nc(-c3ccc(Cl)cc3)n(CC(O)C(F)(F)F)c2=O)nn1-c1ccccc1S(N)(=O)=O. The van der Waals surface area contributed by atoms with Crippen molar-refractivity contribution in [3.63, 3.8) is 0 Å². The number of hydrogen-bond donors (Lipinski definition) is 2. The minimum atomic E-state index is -5.01. The van der Waals surface area contributed by atoms with Gasteiger partial charge in [-0.05, 0) is 43.3 Å². The van der Waals surface area contributed by atoms with Crippen molar-refractivity contribution in [3.05, 3.63) is 75.7 Å². The lowest BCUT2D eigenvalue weighted by molar-refractivity contribution is -0.207. The highest BCUT2D eigenvalue weighted by molar-refractivity contribution is 7.89. The van der Waals surface area contributed by atoms with Gasteiger partial charge >= 0.3 is 11.9 Å². The van der Waals surface area contributed by atoms with Gasteiger partial charge in [0.05, 0.1) is 12.2 Å². The maximum Gasteiger partial charge on any atom is 0.416 e. The molecule has 0 spiro atoms. The van der Waals surface area contributed by atoms with E-state index in [4.69, 9.17) is 16.7 Å². The highest BCUT2D eigenvalue weighted by Crippen LogP contribution is 2.26. The molecular weight excluding hydrogens is 570 g/mol. The van der Waals surface area contributed by atoms with Crippen LogP contribution in [0, 0.1) is 0 Å². The number of sulfonamides is 1. The number of alkyl halides is 4. The molecule has 0 saturated carbocycles. The summed E-state index contributed by atoms with van der Waals surface area (Å²) in [7, 11) is -4.25. The molecule has 208 valence electrons. The van der Waals surface area contributed by atoms with Gasteiger partial charge in [0.25, 0.3) is 0 Å². The molecule has 2 unspecified atom stereocenters. The van der Waals surface area contributed by atoms with E-state index in [1.165, 1.54) is 48.5 Å². The van der Waals surface area contributed by atoms with E-state index in [2.05, 4.69) is 15.2 Å². The zero-order chi connectivity index (χ0) is 28.7. The Bertz CT molecular complexity index is 1660. The maximum absolute atomic E-state index is 14.5. The summed E-state index contributed by atoms with van der Waals surface area (Å²) in [5.74, 6) is -0.735. The predicted molar refractivity (Wildman–Crippen MR) is 130 cm³/mol. The topological polar surface area (TPSA) is 151 Å². The normalized spacial score (nSPS) is 13.9. The lowest BCUT2D eigenvalue weighted by Crippen LogP contribution is -2.37. The van der Waals surface area contributed by atoms with Crippen molar-refractivity contribution in [2.24, 2.45) is 5.14 Å². The van der Waals surface area contributed by atoms with E-state index in [9.17, 15) is 35.9 Å². The first-order valence-electron chi connectivity index (χ1n) is 11.1. The fraction of sp³-hybridized carbons (Fsp3) is 0.273. The van der Waals surface area contributed by atoms with E-state index in [1.807, 2.05) is 0 Å². The zero-order valence-corrected chi connectivity index (χ0v) is 21.5. The third-order valence-electron chi connectivity index (χ3n) is 5.48. The van der Waals surface area contributed by atoms with Crippen LogP contribution in [0.5, 0.6) is 0 Å². The first-order chi connectivity index (χ1) is 18.2. The smallest absolute Gasteiger partial charge is 0.382 e. The molecule has 0 bridgehead atoms. The average molecular weight is 590 g/mol. The Kier molecular flexibility index (Phi) is 7.66. The van der Waals surface area contributed by atoms with E-state index < -0.39 is 47.3 Å². The first kappa shape index (κ1) is 28.4. The Labute approximate surface area is 223 Å². The van der Waals surface area contributed by atoms with Crippen LogP contribution in [0.4, 0.5) is 17.6 Å². The highest BCUT2D eigenvalue weighted by atomic mass is 35.5. The molecule has 2 atom stereocenters. The number of aliphatic hydroxyl groups is 1. The monoisotopic (exact) mass is 589 g/mol. The highest BCUT2D eigenvalue weighted by Gasteiger charge is 2.39. The van der Waals surface area contributed by atoms with E-state index in [0.29, 0.717) is 9.59 Å². The molecule has 0 radical (unpaired) electrons. The average Bonchev–Trinajstić information content (AvgIpc) is 3.41. The third kappa shape index (κ3) is 6.03. The lowest BCUT2D eigenvalue weighted by atomic mass is 10.2. The number of rotatable bonds is 8. The van der Waals surface area contributed by atoms with Crippen molar-refractivity contribution in [3.8, 4) is 17.1 Å². The Morgan fingerprint density at radius 3 is 2.33 bits per heavy atom. The van der Waals surface area contributed by atoms with Crippen molar-refractivity contribution in [1.29, 1.82) is 0 Å². The molecule has 0 saturated heterocycles. The second-order valence-electron chi connectivity index (χ2n) is 8.37. The van der Waals surface area contributed by atoms with Crippen LogP contribution in [-0.2, 0) is 23.1 Å². The molecular formula is C22H20ClF4N7O4S. The second kappa shape index (κ2) is 10.5. The zero-order valence-electron chi connectivity index (χ0n) is 19.9. The van der Waals surface area contributed by atoms with Crippen LogP contribution in [0.3, 0.4) is 0 Å². The molecule has 0 aliphatic heterocycles. The summed E-state index contributed by atoms with van der Waals surface area (Å²) in [5.41, 5.74) is -0.922. The maximum atomic E-state index is 14.5. The lowest BCUT2D eigenvalue weighted by Gasteiger charge is -2.15. The van der Waals surface area contributed by atoms with Gasteiger partial charge in [0.1, 0.15) is 11.4 Å². The van der Waals surface area contributed by atoms with Crippen LogP contribution >= 0.6 is 11.6 Å². The molecule has 2 aromatic carbocycles. The van der Waals surface area contributed by atoms with Crippen molar-refractivity contribution in [2.75, 3.05) is 0 Å².